The van der Waals surface area contributed by atoms with Crippen LogP contribution >= 0.6 is 28.2 Å². The molecule has 0 saturated carbocycles. The molecule has 0 aromatic carbocycles. The van der Waals surface area contributed by atoms with Crippen LogP contribution in [0.2, 0.25) is 0 Å². The van der Waals surface area contributed by atoms with Gasteiger partial charge in [0.2, 0.25) is 0 Å². The number of rotatable bonds is 0. The van der Waals surface area contributed by atoms with E-state index in [2.05, 4.69) is 4.74 Å². The summed E-state index contributed by atoms with van der Waals surface area (Å²) in [6, 6.07) is 0. The van der Waals surface area contributed by atoms with Crippen molar-refractivity contribution < 1.29 is 0 Å². The molecular formula is C4H14Cl2NP. The molecule has 0 aromatic heterocycles. The van der Waals surface area contributed by atoms with Crippen LogP contribution < -0.4 is 0 Å². The van der Waals surface area contributed by atoms with E-state index in [4.69, 9.17) is 22.5 Å². The first-order chi connectivity index (χ1) is 2.56. The van der Waals surface area contributed by atoms with E-state index in [1.54, 1.807) is 13.7 Å². The molecular weight excluding hydrogens is 164 g/mol. The van der Waals surface area contributed by atoms with Gasteiger partial charge >= 0.3 is 0 Å². The Kier molecular flexibility index (Phi) is 11.8. The van der Waals surface area contributed by atoms with Gasteiger partial charge in [0, 0.05) is 7.05 Å². The minimum atomic E-state index is -1.83. The molecule has 0 amide bonds. The number of hydrogen-bond donors (Lipinski definition) is 0. The second-order valence-corrected chi connectivity index (χ2v) is 7.33. The van der Waals surface area contributed by atoms with E-state index >= 15 is 0 Å². The summed E-state index contributed by atoms with van der Waals surface area (Å²) in [6.07, 6.45) is 0. The van der Waals surface area contributed by atoms with Gasteiger partial charge in [-0.3, -0.25) is 4.74 Å². The highest BCUT2D eigenvalue weighted by Crippen LogP contribution is 2.55. The molecule has 0 atom stereocenters. The van der Waals surface area contributed by atoms with E-state index in [1.165, 1.54) is 0 Å². The summed E-state index contributed by atoms with van der Waals surface area (Å²) < 4.78 is 3.66. The molecule has 0 spiro atoms. The minimum absolute atomic E-state index is 0. The van der Waals surface area contributed by atoms with Gasteiger partial charge in [-0.05, 0) is 6.66 Å². The van der Waals surface area contributed by atoms with Crippen molar-refractivity contribution in [3.05, 3.63) is 0 Å². The second kappa shape index (κ2) is 5.94. The zero-order valence-corrected chi connectivity index (χ0v) is 6.06. The molecule has 4 heteroatoms. The Morgan fingerprint density at radius 3 is 1.38 bits per heavy atom. The normalized spacial score (nSPS) is 8.50. The standard InChI is InChI=1S/C2H6Cl2NP.2CH4/c1-5-6(2,3)4;;/h1-2H3;2*1H4. The molecule has 1 nitrogen and oxygen atoms in total. The third kappa shape index (κ3) is 15.8. The molecule has 0 unspecified atom stereocenters. The lowest BCUT2D eigenvalue weighted by atomic mass is 11.6. The zero-order valence-electron chi connectivity index (χ0n) is 3.65. The van der Waals surface area contributed by atoms with Gasteiger partial charge in [-0.2, -0.15) is 0 Å². The van der Waals surface area contributed by atoms with Crippen LogP contribution in [0.1, 0.15) is 14.9 Å². The third-order valence-corrected chi connectivity index (χ3v) is 1.96. The maximum atomic E-state index is 5.43. The van der Waals surface area contributed by atoms with Gasteiger partial charge < -0.3 is 0 Å². The van der Waals surface area contributed by atoms with Crippen LogP contribution in [0.3, 0.4) is 0 Å². The lowest BCUT2D eigenvalue weighted by Gasteiger charge is -1.91. The summed E-state index contributed by atoms with van der Waals surface area (Å²) in [5.74, 6) is -1.83. The van der Waals surface area contributed by atoms with Crippen molar-refractivity contribution in [3.8, 4) is 0 Å². The van der Waals surface area contributed by atoms with E-state index in [1.807, 2.05) is 0 Å². The quantitative estimate of drug-likeness (QED) is 0.496. The Morgan fingerprint density at radius 1 is 1.25 bits per heavy atom. The first-order valence-corrected chi connectivity index (χ1v) is 5.43. The van der Waals surface area contributed by atoms with Gasteiger partial charge in [0.05, 0.1) is 0 Å². The molecule has 0 bridgehead atoms. The van der Waals surface area contributed by atoms with Crippen molar-refractivity contribution >= 4 is 28.2 Å². The highest BCUT2D eigenvalue weighted by Gasteiger charge is 1.94. The summed E-state index contributed by atoms with van der Waals surface area (Å²) in [5.41, 5.74) is 0. The molecule has 0 fully saturated rings. The fraction of sp³-hybridized carbons (Fsp3) is 1.00. The van der Waals surface area contributed by atoms with Crippen LogP contribution in [-0.2, 0) is 0 Å². The number of nitrogens with zero attached hydrogens (tertiary/aromatic N) is 1. The molecule has 0 aliphatic heterocycles. The Morgan fingerprint density at radius 2 is 1.38 bits per heavy atom. The van der Waals surface area contributed by atoms with Gasteiger partial charge in [-0.25, -0.2) is 0 Å². The molecule has 0 aromatic rings. The second-order valence-electron chi connectivity index (χ2n) is 0.953. The lowest BCUT2D eigenvalue weighted by molar-refractivity contribution is 1.51. The summed E-state index contributed by atoms with van der Waals surface area (Å²) >= 11 is 10.9. The van der Waals surface area contributed by atoms with Crippen molar-refractivity contribution in [2.45, 2.75) is 14.9 Å². The maximum absolute atomic E-state index is 5.43. The van der Waals surface area contributed by atoms with E-state index in [0.29, 0.717) is 0 Å². The highest BCUT2D eigenvalue weighted by molar-refractivity contribution is 8.09. The van der Waals surface area contributed by atoms with E-state index in [0.717, 1.165) is 0 Å². The summed E-state index contributed by atoms with van der Waals surface area (Å²) in [4.78, 5) is 0. The van der Waals surface area contributed by atoms with E-state index in [-0.39, 0.29) is 14.9 Å². The monoisotopic (exact) mass is 177 g/mol. The van der Waals surface area contributed by atoms with Crippen LogP contribution in [0.25, 0.3) is 0 Å². The largest absolute Gasteiger partial charge is 0.277 e. The highest BCUT2D eigenvalue weighted by atomic mass is 35.9. The average molecular weight is 178 g/mol. The Hall–Kier alpha value is 0.810. The molecule has 8 heavy (non-hydrogen) atoms. The summed E-state index contributed by atoms with van der Waals surface area (Å²) in [5, 5.41) is 0. The predicted octanol–water partition coefficient (Wildman–Crippen LogP) is 4.03. The Bertz CT molecular complexity index is 77.8. The first-order valence-electron chi connectivity index (χ1n) is 1.43. The SMILES string of the molecule is C.C.CN=P(C)(Cl)Cl. The Labute approximate surface area is 62.0 Å². The number of halogens is 2. The average Bonchev–Trinajstić information content (AvgIpc) is 1.35. The smallest absolute Gasteiger partial charge is 0.134 e. The van der Waals surface area contributed by atoms with Crippen molar-refractivity contribution in [2.24, 2.45) is 4.74 Å². The molecule has 54 valence electrons. The molecule has 0 rings (SSSR count). The first kappa shape index (κ1) is 15.9. The Balaban J connectivity index is -0.000000125. The lowest BCUT2D eigenvalue weighted by Crippen LogP contribution is -1.46. The van der Waals surface area contributed by atoms with E-state index in [9.17, 15) is 0 Å². The van der Waals surface area contributed by atoms with Gasteiger partial charge in [0.15, 0.2) is 0 Å². The van der Waals surface area contributed by atoms with Crippen molar-refractivity contribution in [1.29, 1.82) is 0 Å². The molecule has 0 radical (unpaired) electrons. The maximum Gasteiger partial charge on any atom is 0.134 e. The van der Waals surface area contributed by atoms with Crippen molar-refractivity contribution in [3.63, 3.8) is 0 Å². The van der Waals surface area contributed by atoms with Crippen LogP contribution in [-0.4, -0.2) is 13.7 Å². The molecule has 0 saturated heterocycles. The van der Waals surface area contributed by atoms with Crippen LogP contribution in [0.4, 0.5) is 0 Å². The zero-order chi connectivity index (χ0) is 5.21. The van der Waals surface area contributed by atoms with Crippen molar-refractivity contribution in [2.75, 3.05) is 13.7 Å². The predicted molar refractivity (Wildman–Crippen MR) is 46.4 cm³/mol. The molecule has 0 N–H and O–H groups in total. The van der Waals surface area contributed by atoms with Crippen LogP contribution in [0.5, 0.6) is 0 Å². The number of hydrogen-bond acceptors (Lipinski definition) is 1. The molecule has 0 aliphatic rings. The fourth-order valence-corrected chi connectivity index (χ4v) is 0. The van der Waals surface area contributed by atoms with Crippen molar-refractivity contribution in [1.82, 2.24) is 0 Å². The van der Waals surface area contributed by atoms with E-state index < -0.39 is 5.76 Å². The third-order valence-electron chi connectivity index (χ3n) is 0.351. The molecule has 0 aliphatic carbocycles. The van der Waals surface area contributed by atoms with Gasteiger partial charge in [0.1, 0.15) is 5.76 Å². The molecule has 0 heterocycles. The minimum Gasteiger partial charge on any atom is -0.277 e. The van der Waals surface area contributed by atoms with Gasteiger partial charge in [-0.1, -0.05) is 37.3 Å². The topological polar surface area (TPSA) is 12.4 Å². The fourth-order valence-electron chi connectivity index (χ4n) is 0. The summed E-state index contributed by atoms with van der Waals surface area (Å²) in [6.45, 7) is 1.72. The van der Waals surface area contributed by atoms with Gasteiger partial charge in [0.25, 0.3) is 0 Å². The van der Waals surface area contributed by atoms with Gasteiger partial charge in [-0.15, -0.1) is 0 Å². The van der Waals surface area contributed by atoms with Crippen LogP contribution in [0, 0.1) is 0 Å². The van der Waals surface area contributed by atoms with Crippen LogP contribution in [0.15, 0.2) is 4.74 Å². The summed E-state index contributed by atoms with van der Waals surface area (Å²) in [7, 11) is 1.62.